The molecular formula is C9H16ClNO6. The Morgan fingerprint density at radius 3 is 2.47 bits per heavy atom. The average Bonchev–Trinajstić information content (AvgIpc) is 2.59. The van der Waals surface area contributed by atoms with Gasteiger partial charge in [-0.25, -0.2) is 4.84 Å². The summed E-state index contributed by atoms with van der Waals surface area (Å²) in [6.07, 6.45) is -0.353. The number of nitrogens with zero attached hydrogens (tertiary/aromatic N) is 1. The molecule has 1 aliphatic carbocycles. The van der Waals surface area contributed by atoms with Crippen LogP contribution in [0.1, 0.15) is 19.8 Å². The molecule has 0 aromatic carbocycles. The smallest absolute Gasteiger partial charge is 0.310 e. The number of hydrogen-bond donors (Lipinski definition) is 2. The molecule has 0 aromatic rings. The fraction of sp³-hybridized carbons (Fsp3) is 0.889. The molecule has 4 atom stereocenters. The van der Waals surface area contributed by atoms with E-state index in [2.05, 4.69) is 4.84 Å². The number of ether oxygens (including phenoxy) is 2. The highest BCUT2D eigenvalue weighted by Gasteiger charge is 2.41. The molecule has 2 N–H and O–H groups in total. The average molecular weight is 270 g/mol. The Bertz CT molecular complexity index is 262. The van der Waals surface area contributed by atoms with Gasteiger partial charge in [-0.05, 0) is 19.8 Å². The van der Waals surface area contributed by atoms with E-state index in [0.29, 0.717) is 6.42 Å². The van der Waals surface area contributed by atoms with E-state index in [0.717, 1.165) is 0 Å². The van der Waals surface area contributed by atoms with Crippen molar-refractivity contribution in [2.45, 2.75) is 37.5 Å². The van der Waals surface area contributed by atoms with Crippen molar-refractivity contribution >= 4 is 17.6 Å². The van der Waals surface area contributed by atoms with E-state index < -0.39 is 29.7 Å². The van der Waals surface area contributed by atoms with Crippen molar-refractivity contribution in [3.8, 4) is 0 Å². The summed E-state index contributed by atoms with van der Waals surface area (Å²) in [4.78, 5) is 16.3. The number of esters is 1. The first-order valence-corrected chi connectivity index (χ1v) is 5.59. The van der Waals surface area contributed by atoms with Gasteiger partial charge in [0.25, 0.3) is 0 Å². The molecule has 0 spiro atoms. The van der Waals surface area contributed by atoms with Crippen molar-refractivity contribution < 1.29 is 29.5 Å². The maximum atomic E-state index is 11.6. The van der Waals surface area contributed by atoms with Crippen LogP contribution in [0.4, 0.5) is 0 Å². The van der Waals surface area contributed by atoms with Gasteiger partial charge in [-0.2, -0.15) is 0 Å². The van der Waals surface area contributed by atoms with Crippen molar-refractivity contribution in [2.75, 3.05) is 7.11 Å². The highest BCUT2D eigenvalue weighted by molar-refractivity contribution is 6.19. The predicted octanol–water partition coefficient (Wildman–Crippen LogP) is 0.920. The van der Waals surface area contributed by atoms with Crippen molar-refractivity contribution in [3.63, 3.8) is 0 Å². The van der Waals surface area contributed by atoms with Crippen molar-refractivity contribution in [1.29, 1.82) is 0 Å². The summed E-state index contributed by atoms with van der Waals surface area (Å²) in [6.45, 7) is 1.54. The number of methoxy groups -OCH3 is 1. The summed E-state index contributed by atoms with van der Waals surface area (Å²) >= 11 is 5.55. The summed E-state index contributed by atoms with van der Waals surface area (Å²) in [5, 5.41) is 16.8. The fourth-order valence-corrected chi connectivity index (χ4v) is 1.98. The molecule has 8 heteroatoms. The molecule has 0 heterocycles. The third kappa shape index (κ3) is 4.38. The van der Waals surface area contributed by atoms with Gasteiger partial charge in [0, 0.05) is 7.11 Å². The highest BCUT2D eigenvalue weighted by atomic mass is 35.5. The first kappa shape index (κ1) is 14.6. The maximum Gasteiger partial charge on any atom is 0.310 e. The van der Waals surface area contributed by atoms with Gasteiger partial charge in [0.1, 0.15) is 6.10 Å². The first-order chi connectivity index (χ1) is 7.93. The third-order valence-corrected chi connectivity index (χ3v) is 2.68. The second-order valence-corrected chi connectivity index (χ2v) is 4.43. The van der Waals surface area contributed by atoms with Crippen LogP contribution in [-0.2, 0) is 19.1 Å². The molecule has 1 rings (SSSR count). The Hall–Kier alpha value is -0.440. The number of hydrogen-bond acceptors (Lipinski definition) is 7. The van der Waals surface area contributed by atoms with Gasteiger partial charge >= 0.3 is 5.97 Å². The second kappa shape index (κ2) is 6.48. The maximum absolute atomic E-state index is 11.6. The fourth-order valence-electron chi connectivity index (χ4n) is 1.89. The zero-order chi connectivity index (χ0) is 13.0. The number of rotatable bonds is 5. The van der Waals surface area contributed by atoms with Crippen LogP contribution in [0, 0.1) is 5.92 Å². The van der Waals surface area contributed by atoms with E-state index in [1.807, 2.05) is 0 Å². The predicted molar refractivity (Wildman–Crippen MR) is 55.2 cm³/mol. The summed E-state index contributed by atoms with van der Waals surface area (Å²) in [6, 6.07) is 0. The van der Waals surface area contributed by atoms with E-state index in [1.165, 1.54) is 7.11 Å². The number of alkyl halides is 1. The van der Waals surface area contributed by atoms with Gasteiger partial charge in [0.2, 0.25) is 0 Å². The largest absolute Gasteiger partial charge is 0.446 e. The topological polar surface area (TPSA) is 88.5 Å². The summed E-state index contributed by atoms with van der Waals surface area (Å²) in [5.41, 5.74) is -0.698. The van der Waals surface area contributed by atoms with Gasteiger partial charge in [-0.3, -0.25) is 15.2 Å². The minimum absolute atomic E-state index is 0.276. The molecule has 0 amide bonds. The van der Waals surface area contributed by atoms with Gasteiger partial charge in [-0.15, -0.1) is 0 Å². The minimum atomic E-state index is -0.698. The molecule has 100 valence electrons. The van der Waals surface area contributed by atoms with Crippen LogP contribution in [-0.4, -0.2) is 46.7 Å². The molecule has 0 aliphatic heterocycles. The highest BCUT2D eigenvalue weighted by Crippen LogP contribution is 2.31. The van der Waals surface area contributed by atoms with Crippen LogP contribution in [0.3, 0.4) is 0 Å². The number of halogens is 1. The van der Waals surface area contributed by atoms with Crippen molar-refractivity contribution in [3.05, 3.63) is 0 Å². The van der Waals surface area contributed by atoms with E-state index in [9.17, 15) is 4.79 Å². The quantitative estimate of drug-likeness (QED) is 0.436. The monoisotopic (exact) mass is 269 g/mol. The third-order valence-electron chi connectivity index (χ3n) is 2.59. The van der Waals surface area contributed by atoms with E-state index in [-0.39, 0.29) is 11.8 Å². The normalized spacial score (nSPS) is 30.6. The lowest BCUT2D eigenvalue weighted by Crippen LogP contribution is -2.31. The van der Waals surface area contributed by atoms with Gasteiger partial charge in [-0.1, -0.05) is 11.6 Å². The molecule has 0 aromatic heterocycles. The Kier molecular flexibility index (Phi) is 5.57. The van der Waals surface area contributed by atoms with Crippen molar-refractivity contribution in [1.82, 2.24) is 5.39 Å². The van der Waals surface area contributed by atoms with Crippen LogP contribution in [0.15, 0.2) is 0 Å². The van der Waals surface area contributed by atoms with Gasteiger partial charge in [0.05, 0.1) is 17.4 Å². The molecule has 1 fully saturated rings. The summed E-state index contributed by atoms with van der Waals surface area (Å²) in [7, 11) is 1.46. The first-order valence-electron chi connectivity index (χ1n) is 5.16. The van der Waals surface area contributed by atoms with Crippen LogP contribution >= 0.6 is 11.6 Å². The molecule has 0 saturated heterocycles. The number of carbonyl (C=O) groups excluding carboxylic acids is 1. The summed E-state index contributed by atoms with van der Waals surface area (Å²) < 4.78 is 9.95. The minimum Gasteiger partial charge on any atom is -0.446 e. The molecule has 17 heavy (non-hydrogen) atoms. The lowest BCUT2D eigenvalue weighted by atomic mass is 10.1. The van der Waals surface area contributed by atoms with Crippen LogP contribution in [0.2, 0.25) is 0 Å². The standard InChI is InChI=1S/C9H16ClNO6/c1-5(10)16-9(12)6-3-7(15-2)8(4-6)17-11(13)14/h5-8,13-14H,3-4H2,1-2H3/t5?,6-,7+,8+/m1/s1. The zero-order valence-corrected chi connectivity index (χ0v) is 10.3. The zero-order valence-electron chi connectivity index (χ0n) is 9.58. The van der Waals surface area contributed by atoms with Crippen LogP contribution in [0.25, 0.3) is 0 Å². The molecule has 7 nitrogen and oxygen atoms in total. The molecular weight excluding hydrogens is 254 g/mol. The molecule has 0 bridgehead atoms. The number of carbonyl (C=O) groups is 1. The second-order valence-electron chi connectivity index (χ2n) is 3.82. The van der Waals surface area contributed by atoms with Crippen molar-refractivity contribution in [2.24, 2.45) is 5.92 Å². The Morgan fingerprint density at radius 1 is 1.41 bits per heavy atom. The molecule has 1 saturated carbocycles. The Balaban J connectivity index is 2.53. The van der Waals surface area contributed by atoms with Crippen LogP contribution in [0.5, 0.6) is 0 Å². The lowest BCUT2D eigenvalue weighted by molar-refractivity contribution is -0.507. The SMILES string of the molecule is CO[C@H]1C[C@@H](C(=O)OC(C)Cl)C[C@@H]1ON(O)O. The Labute approximate surface area is 104 Å². The molecule has 0 radical (unpaired) electrons. The Morgan fingerprint density at radius 2 is 2.00 bits per heavy atom. The molecule has 1 aliphatic rings. The van der Waals surface area contributed by atoms with Gasteiger partial charge < -0.3 is 9.47 Å². The van der Waals surface area contributed by atoms with E-state index >= 15 is 0 Å². The lowest BCUT2D eigenvalue weighted by Gasteiger charge is -2.18. The summed E-state index contributed by atoms with van der Waals surface area (Å²) in [5.74, 6) is -0.867. The van der Waals surface area contributed by atoms with Gasteiger partial charge in [0.15, 0.2) is 5.56 Å². The van der Waals surface area contributed by atoms with E-state index in [4.69, 9.17) is 31.5 Å². The van der Waals surface area contributed by atoms with Crippen LogP contribution < -0.4 is 0 Å². The molecule has 1 unspecified atom stereocenters. The van der Waals surface area contributed by atoms with E-state index in [1.54, 1.807) is 6.92 Å².